The van der Waals surface area contributed by atoms with Gasteiger partial charge in [-0.15, -0.1) is 11.3 Å². The van der Waals surface area contributed by atoms with Crippen molar-refractivity contribution in [2.45, 2.75) is 16.5 Å². The third-order valence-corrected chi connectivity index (χ3v) is 4.17. The molecule has 0 saturated heterocycles. The first-order valence-electron chi connectivity index (χ1n) is 5.15. The molecule has 0 spiro atoms. The lowest BCUT2D eigenvalue weighted by molar-refractivity contribution is -0.136. The lowest BCUT2D eigenvalue weighted by atomic mass is 10.3. The number of carbonyl (C=O) groups is 2. The Morgan fingerprint density at radius 1 is 1.37 bits per heavy atom. The summed E-state index contributed by atoms with van der Waals surface area (Å²) in [6.45, 7) is 0. The number of carboxylic acids is 2. The molecule has 0 fully saturated rings. The molecule has 0 saturated carbocycles. The highest BCUT2D eigenvalue weighted by molar-refractivity contribution is 8.00. The fourth-order valence-electron chi connectivity index (χ4n) is 1.29. The zero-order valence-electron chi connectivity index (χ0n) is 9.53. The first-order chi connectivity index (χ1) is 9.04. The van der Waals surface area contributed by atoms with Crippen LogP contribution in [0.25, 0.3) is 0 Å². The van der Waals surface area contributed by atoms with Gasteiger partial charge in [-0.05, 0) is 12.1 Å². The molecule has 0 aliphatic heterocycles. The Morgan fingerprint density at radius 3 is 2.79 bits per heavy atom. The smallest absolute Gasteiger partial charge is 0.371 e. The molecule has 19 heavy (non-hydrogen) atoms. The fourth-order valence-corrected chi connectivity index (χ4v) is 3.03. The second-order valence-electron chi connectivity index (χ2n) is 3.54. The number of aliphatic carboxylic acids is 1. The Morgan fingerprint density at radius 2 is 2.16 bits per heavy atom. The van der Waals surface area contributed by atoms with E-state index in [2.05, 4.69) is 4.98 Å². The number of aromatic nitrogens is 1. The number of carboxylic acid groups (broad SMARTS) is 2. The average molecular weight is 299 g/mol. The number of rotatable bonds is 6. The van der Waals surface area contributed by atoms with Gasteiger partial charge in [-0.25, -0.2) is 9.78 Å². The van der Waals surface area contributed by atoms with Gasteiger partial charge in [0, 0.05) is 5.38 Å². The van der Waals surface area contributed by atoms with Crippen LogP contribution in [0.5, 0.6) is 0 Å². The van der Waals surface area contributed by atoms with Crippen molar-refractivity contribution in [3.05, 3.63) is 34.7 Å². The van der Waals surface area contributed by atoms with E-state index in [4.69, 9.17) is 14.6 Å². The van der Waals surface area contributed by atoms with Gasteiger partial charge < -0.3 is 14.6 Å². The molecule has 6 nitrogen and oxygen atoms in total. The van der Waals surface area contributed by atoms with E-state index < -0.39 is 11.9 Å². The van der Waals surface area contributed by atoms with Crippen molar-refractivity contribution in [1.82, 2.24) is 4.98 Å². The molecule has 2 aromatic rings. The van der Waals surface area contributed by atoms with Crippen molar-refractivity contribution in [3.8, 4) is 0 Å². The number of thiazole rings is 1. The Balaban J connectivity index is 1.92. The van der Waals surface area contributed by atoms with Crippen LogP contribution < -0.4 is 0 Å². The quantitative estimate of drug-likeness (QED) is 0.789. The van der Waals surface area contributed by atoms with Crippen LogP contribution in [0.1, 0.15) is 22.0 Å². The lowest BCUT2D eigenvalue weighted by Gasteiger charge is -1.94. The van der Waals surface area contributed by atoms with Crippen molar-refractivity contribution in [3.63, 3.8) is 0 Å². The molecule has 0 aliphatic carbocycles. The molecule has 2 heterocycles. The van der Waals surface area contributed by atoms with Crippen LogP contribution in [0.3, 0.4) is 0 Å². The Bertz CT molecular complexity index is 604. The Kier molecular flexibility index (Phi) is 4.23. The number of thioether (sulfide) groups is 1. The van der Waals surface area contributed by atoms with Crippen LogP contribution in [-0.4, -0.2) is 27.1 Å². The van der Waals surface area contributed by atoms with E-state index >= 15 is 0 Å². The van der Waals surface area contributed by atoms with E-state index in [0.717, 1.165) is 4.34 Å². The summed E-state index contributed by atoms with van der Waals surface area (Å²) >= 11 is 2.73. The maximum atomic E-state index is 10.6. The monoisotopic (exact) mass is 299 g/mol. The molecule has 0 aliphatic rings. The molecular weight excluding hydrogens is 290 g/mol. The lowest BCUT2D eigenvalue weighted by Crippen LogP contribution is -1.99. The van der Waals surface area contributed by atoms with Gasteiger partial charge in [-0.1, -0.05) is 11.8 Å². The standard InChI is InChI=1S/C11H9NO5S2/c13-9(14)3-6-4-18-11(12-6)19-5-7-1-2-8(17-7)10(15)16/h1-2,4H,3,5H2,(H,13,14)(H,15,16). The molecular formula is C11H9NO5S2. The van der Waals surface area contributed by atoms with Gasteiger partial charge >= 0.3 is 11.9 Å². The maximum Gasteiger partial charge on any atom is 0.371 e. The number of hydrogen-bond donors (Lipinski definition) is 2. The summed E-state index contributed by atoms with van der Waals surface area (Å²) in [6.07, 6.45) is -0.0963. The van der Waals surface area contributed by atoms with E-state index in [9.17, 15) is 9.59 Å². The van der Waals surface area contributed by atoms with E-state index in [1.807, 2.05) is 0 Å². The minimum absolute atomic E-state index is 0.0960. The highest BCUT2D eigenvalue weighted by Gasteiger charge is 2.11. The second kappa shape index (κ2) is 5.89. The van der Waals surface area contributed by atoms with Gasteiger partial charge in [0.05, 0.1) is 17.9 Å². The molecule has 0 unspecified atom stereocenters. The van der Waals surface area contributed by atoms with E-state index in [-0.39, 0.29) is 12.2 Å². The summed E-state index contributed by atoms with van der Waals surface area (Å²) in [5.74, 6) is -1.13. The van der Waals surface area contributed by atoms with Crippen molar-refractivity contribution in [2.75, 3.05) is 0 Å². The van der Waals surface area contributed by atoms with Crippen molar-refractivity contribution >= 4 is 35.0 Å². The molecule has 8 heteroatoms. The zero-order valence-corrected chi connectivity index (χ0v) is 11.2. The average Bonchev–Trinajstić information content (AvgIpc) is 2.94. The summed E-state index contributed by atoms with van der Waals surface area (Å²) in [5, 5.41) is 19.0. The van der Waals surface area contributed by atoms with Crippen LogP contribution in [-0.2, 0) is 17.0 Å². The van der Waals surface area contributed by atoms with Gasteiger partial charge in [0.2, 0.25) is 5.76 Å². The fraction of sp³-hybridized carbons (Fsp3) is 0.182. The van der Waals surface area contributed by atoms with Crippen molar-refractivity contribution in [1.29, 1.82) is 0 Å². The van der Waals surface area contributed by atoms with Crippen LogP contribution in [0.15, 0.2) is 26.3 Å². The minimum atomic E-state index is -1.10. The highest BCUT2D eigenvalue weighted by Crippen LogP contribution is 2.27. The second-order valence-corrected chi connectivity index (χ2v) is 5.62. The van der Waals surface area contributed by atoms with Gasteiger partial charge in [0.1, 0.15) is 5.76 Å². The van der Waals surface area contributed by atoms with Gasteiger partial charge in [0.15, 0.2) is 4.34 Å². The van der Waals surface area contributed by atoms with Crippen LogP contribution in [0, 0.1) is 0 Å². The normalized spacial score (nSPS) is 10.5. The third-order valence-electron chi connectivity index (χ3n) is 2.07. The summed E-state index contributed by atoms with van der Waals surface area (Å²) in [5.41, 5.74) is 0.519. The molecule has 0 bridgehead atoms. The van der Waals surface area contributed by atoms with Crippen molar-refractivity contribution < 1.29 is 24.2 Å². The van der Waals surface area contributed by atoms with E-state index in [1.165, 1.54) is 29.2 Å². The Hall–Kier alpha value is -1.80. The maximum absolute atomic E-state index is 10.6. The largest absolute Gasteiger partial charge is 0.481 e. The predicted molar refractivity (Wildman–Crippen MR) is 68.7 cm³/mol. The number of furan rings is 1. The summed E-state index contributed by atoms with van der Waals surface area (Å²) < 4.78 is 5.83. The molecule has 0 atom stereocenters. The molecule has 0 aromatic carbocycles. The minimum Gasteiger partial charge on any atom is -0.481 e. The summed E-state index contributed by atoms with van der Waals surface area (Å²) in [7, 11) is 0. The first kappa shape index (κ1) is 13.6. The summed E-state index contributed by atoms with van der Waals surface area (Å²) in [6, 6.07) is 3.00. The zero-order chi connectivity index (χ0) is 13.8. The van der Waals surface area contributed by atoms with Gasteiger partial charge in [0.25, 0.3) is 0 Å². The molecule has 2 rings (SSSR count). The van der Waals surface area contributed by atoms with Gasteiger partial charge in [-0.3, -0.25) is 4.79 Å². The number of nitrogens with zero attached hydrogens (tertiary/aromatic N) is 1. The SMILES string of the molecule is O=C(O)Cc1csc(SCc2ccc(C(=O)O)o2)n1. The topological polar surface area (TPSA) is 101 Å². The third kappa shape index (κ3) is 3.83. The van der Waals surface area contributed by atoms with E-state index in [0.29, 0.717) is 17.2 Å². The van der Waals surface area contributed by atoms with Crippen LogP contribution >= 0.6 is 23.1 Å². The van der Waals surface area contributed by atoms with Crippen LogP contribution in [0.2, 0.25) is 0 Å². The highest BCUT2D eigenvalue weighted by atomic mass is 32.2. The molecule has 2 aromatic heterocycles. The molecule has 100 valence electrons. The first-order valence-corrected chi connectivity index (χ1v) is 7.02. The van der Waals surface area contributed by atoms with E-state index in [1.54, 1.807) is 11.4 Å². The number of hydrogen-bond acceptors (Lipinski definition) is 6. The molecule has 0 radical (unpaired) electrons. The molecule has 2 N–H and O–H groups in total. The molecule has 0 amide bonds. The van der Waals surface area contributed by atoms with Gasteiger partial charge in [-0.2, -0.15) is 0 Å². The van der Waals surface area contributed by atoms with Crippen molar-refractivity contribution in [2.24, 2.45) is 0 Å². The Labute approximate surface area is 116 Å². The number of aromatic carboxylic acids is 1. The van der Waals surface area contributed by atoms with Crippen LogP contribution in [0.4, 0.5) is 0 Å². The summed E-state index contributed by atoms with van der Waals surface area (Å²) in [4.78, 5) is 25.3. The predicted octanol–water partition coefficient (Wildman–Crippen LogP) is 2.35.